The number of hydrogen-bond acceptors (Lipinski definition) is 2. The van der Waals surface area contributed by atoms with E-state index in [9.17, 15) is 4.39 Å². The molecular weight excluding hydrogens is 241 g/mol. The van der Waals surface area contributed by atoms with Gasteiger partial charge in [-0.15, -0.1) is 0 Å². The fraction of sp³-hybridized carbons (Fsp3) is 0.400. The molecule has 0 spiro atoms. The van der Waals surface area contributed by atoms with Crippen LogP contribution >= 0.6 is 0 Å². The van der Waals surface area contributed by atoms with Gasteiger partial charge in [-0.05, 0) is 36.2 Å². The number of likely N-dealkylation sites (N-methyl/N-ethyl adjacent to an activating group) is 1. The van der Waals surface area contributed by atoms with Gasteiger partial charge in [0.25, 0.3) is 0 Å². The lowest BCUT2D eigenvalue weighted by Crippen LogP contribution is -2.25. The molecular formula is C15H20FN3. The first-order valence-corrected chi connectivity index (χ1v) is 6.61. The van der Waals surface area contributed by atoms with Gasteiger partial charge in [0.05, 0.1) is 6.20 Å². The van der Waals surface area contributed by atoms with Gasteiger partial charge in [-0.25, -0.2) is 4.39 Å². The normalized spacial score (nSPS) is 11.2. The molecule has 0 aliphatic heterocycles. The van der Waals surface area contributed by atoms with Crippen LogP contribution in [0.2, 0.25) is 0 Å². The zero-order valence-electron chi connectivity index (χ0n) is 11.5. The molecule has 102 valence electrons. The number of rotatable bonds is 6. The molecule has 0 amide bonds. The number of benzene rings is 1. The van der Waals surface area contributed by atoms with Gasteiger partial charge in [0.15, 0.2) is 0 Å². The lowest BCUT2D eigenvalue weighted by molar-refractivity contribution is 0.283. The average Bonchev–Trinajstić information content (AvgIpc) is 2.80. The summed E-state index contributed by atoms with van der Waals surface area (Å²) in [5, 5.41) is 4.16. The van der Waals surface area contributed by atoms with Gasteiger partial charge in [0.2, 0.25) is 0 Å². The van der Waals surface area contributed by atoms with Crippen molar-refractivity contribution in [3.63, 3.8) is 0 Å². The molecule has 4 heteroatoms. The van der Waals surface area contributed by atoms with E-state index < -0.39 is 0 Å². The largest absolute Gasteiger partial charge is 0.299 e. The maximum Gasteiger partial charge on any atom is 0.123 e. The molecule has 19 heavy (non-hydrogen) atoms. The molecule has 2 rings (SSSR count). The van der Waals surface area contributed by atoms with Gasteiger partial charge in [-0.1, -0.05) is 19.1 Å². The highest BCUT2D eigenvalue weighted by Gasteiger charge is 2.05. The Kier molecular flexibility index (Phi) is 4.68. The number of nitrogens with zero attached hydrogens (tertiary/aromatic N) is 3. The van der Waals surface area contributed by atoms with E-state index in [1.807, 2.05) is 30.2 Å². The molecule has 0 fully saturated rings. The standard InChI is InChI=1S/C15H20FN3/c1-3-19(8-7-14-10-17-18(2)11-14)12-13-5-4-6-15(16)9-13/h4-6,9-11H,3,7-8,12H2,1-2H3. The number of aromatic nitrogens is 2. The Bertz CT molecular complexity index is 522. The number of halogens is 1. The lowest BCUT2D eigenvalue weighted by Gasteiger charge is -2.20. The monoisotopic (exact) mass is 261 g/mol. The van der Waals surface area contributed by atoms with Gasteiger partial charge in [0, 0.05) is 26.3 Å². The molecule has 1 heterocycles. The molecule has 0 saturated heterocycles. The van der Waals surface area contributed by atoms with E-state index in [-0.39, 0.29) is 5.82 Å². The molecule has 0 aliphatic carbocycles. The smallest absolute Gasteiger partial charge is 0.123 e. The Morgan fingerprint density at radius 3 is 2.79 bits per heavy atom. The van der Waals surface area contributed by atoms with Gasteiger partial charge in [-0.2, -0.15) is 5.10 Å². The van der Waals surface area contributed by atoms with E-state index in [1.54, 1.807) is 12.1 Å². The van der Waals surface area contributed by atoms with Crippen molar-refractivity contribution in [1.82, 2.24) is 14.7 Å². The molecule has 1 aromatic heterocycles. The highest BCUT2D eigenvalue weighted by molar-refractivity contribution is 5.16. The average molecular weight is 261 g/mol. The summed E-state index contributed by atoms with van der Waals surface area (Å²) in [5.74, 6) is -0.166. The first-order valence-electron chi connectivity index (χ1n) is 6.61. The van der Waals surface area contributed by atoms with Crippen LogP contribution in [-0.2, 0) is 20.0 Å². The summed E-state index contributed by atoms with van der Waals surface area (Å²) >= 11 is 0. The summed E-state index contributed by atoms with van der Waals surface area (Å²) in [6.45, 7) is 4.83. The van der Waals surface area contributed by atoms with Crippen molar-refractivity contribution in [3.05, 3.63) is 53.6 Å². The van der Waals surface area contributed by atoms with Crippen LogP contribution < -0.4 is 0 Å². The minimum absolute atomic E-state index is 0.166. The fourth-order valence-corrected chi connectivity index (χ4v) is 2.13. The zero-order valence-corrected chi connectivity index (χ0v) is 11.5. The molecule has 0 aliphatic rings. The Balaban J connectivity index is 1.89. The van der Waals surface area contributed by atoms with Gasteiger partial charge >= 0.3 is 0 Å². The molecule has 0 saturated carbocycles. The molecule has 0 unspecified atom stereocenters. The van der Waals surface area contributed by atoms with Crippen LogP contribution in [0.25, 0.3) is 0 Å². The SMILES string of the molecule is CCN(CCc1cnn(C)c1)Cc1cccc(F)c1. The van der Waals surface area contributed by atoms with Crippen molar-refractivity contribution in [2.45, 2.75) is 19.9 Å². The van der Waals surface area contributed by atoms with Crippen LogP contribution in [0.1, 0.15) is 18.1 Å². The van der Waals surface area contributed by atoms with Crippen LogP contribution in [0.15, 0.2) is 36.7 Å². The lowest BCUT2D eigenvalue weighted by atomic mass is 10.2. The summed E-state index contributed by atoms with van der Waals surface area (Å²) in [7, 11) is 1.92. The van der Waals surface area contributed by atoms with Crippen molar-refractivity contribution in [3.8, 4) is 0 Å². The minimum atomic E-state index is -0.166. The van der Waals surface area contributed by atoms with Crippen molar-refractivity contribution in [2.24, 2.45) is 7.05 Å². The van der Waals surface area contributed by atoms with E-state index in [2.05, 4.69) is 16.9 Å². The van der Waals surface area contributed by atoms with Crippen molar-refractivity contribution < 1.29 is 4.39 Å². The topological polar surface area (TPSA) is 21.1 Å². The molecule has 0 radical (unpaired) electrons. The Morgan fingerprint density at radius 2 is 2.16 bits per heavy atom. The third-order valence-corrected chi connectivity index (χ3v) is 3.22. The van der Waals surface area contributed by atoms with Crippen LogP contribution in [0.5, 0.6) is 0 Å². The van der Waals surface area contributed by atoms with E-state index >= 15 is 0 Å². The van der Waals surface area contributed by atoms with Crippen LogP contribution in [0, 0.1) is 5.82 Å². The molecule has 0 N–H and O–H groups in total. The van der Waals surface area contributed by atoms with Gasteiger partial charge in [-0.3, -0.25) is 9.58 Å². The first kappa shape index (κ1) is 13.7. The minimum Gasteiger partial charge on any atom is -0.299 e. The molecule has 1 aromatic carbocycles. The van der Waals surface area contributed by atoms with Crippen molar-refractivity contribution >= 4 is 0 Å². The summed E-state index contributed by atoms with van der Waals surface area (Å²) in [4.78, 5) is 2.31. The first-order chi connectivity index (χ1) is 9.17. The summed E-state index contributed by atoms with van der Waals surface area (Å²) in [6, 6.07) is 6.82. The molecule has 2 aromatic rings. The fourth-order valence-electron chi connectivity index (χ4n) is 2.13. The Hall–Kier alpha value is -1.68. The summed E-state index contributed by atoms with van der Waals surface area (Å²) < 4.78 is 15.0. The van der Waals surface area contributed by atoms with Crippen LogP contribution in [0.3, 0.4) is 0 Å². The quantitative estimate of drug-likeness (QED) is 0.797. The number of hydrogen-bond donors (Lipinski definition) is 0. The number of aryl methyl sites for hydroxylation is 1. The summed E-state index contributed by atoms with van der Waals surface area (Å²) in [6.07, 6.45) is 4.91. The van der Waals surface area contributed by atoms with Gasteiger partial charge in [0.1, 0.15) is 5.82 Å². The Morgan fingerprint density at radius 1 is 1.32 bits per heavy atom. The highest BCUT2D eigenvalue weighted by atomic mass is 19.1. The van der Waals surface area contributed by atoms with E-state index in [0.29, 0.717) is 0 Å². The molecule has 0 atom stereocenters. The second-order valence-electron chi connectivity index (χ2n) is 4.77. The maximum absolute atomic E-state index is 13.1. The van der Waals surface area contributed by atoms with Crippen molar-refractivity contribution in [2.75, 3.05) is 13.1 Å². The van der Waals surface area contributed by atoms with E-state index in [0.717, 1.165) is 31.6 Å². The summed E-state index contributed by atoms with van der Waals surface area (Å²) in [5.41, 5.74) is 2.26. The third kappa shape index (κ3) is 4.17. The second kappa shape index (κ2) is 6.48. The van der Waals surface area contributed by atoms with Crippen LogP contribution in [0.4, 0.5) is 4.39 Å². The highest BCUT2D eigenvalue weighted by Crippen LogP contribution is 2.08. The predicted molar refractivity (Wildman–Crippen MR) is 74.3 cm³/mol. The van der Waals surface area contributed by atoms with E-state index in [1.165, 1.54) is 11.6 Å². The predicted octanol–water partition coefficient (Wildman–Crippen LogP) is 2.62. The maximum atomic E-state index is 13.1. The van der Waals surface area contributed by atoms with Gasteiger partial charge < -0.3 is 0 Å². The second-order valence-corrected chi connectivity index (χ2v) is 4.77. The van der Waals surface area contributed by atoms with E-state index in [4.69, 9.17) is 0 Å². The third-order valence-electron chi connectivity index (χ3n) is 3.22. The van der Waals surface area contributed by atoms with Crippen LogP contribution in [-0.4, -0.2) is 27.8 Å². The zero-order chi connectivity index (χ0) is 13.7. The Labute approximate surface area is 113 Å². The molecule has 0 bridgehead atoms. The van der Waals surface area contributed by atoms with Crippen molar-refractivity contribution in [1.29, 1.82) is 0 Å². The molecule has 3 nitrogen and oxygen atoms in total.